The number of rotatable bonds is 6. The average molecular weight is 433 g/mol. The third-order valence-electron chi connectivity index (χ3n) is 4.49. The quantitative estimate of drug-likeness (QED) is 0.612. The number of aromatic nitrogens is 4. The summed E-state index contributed by atoms with van der Waals surface area (Å²) in [6.45, 7) is 1.51. The summed E-state index contributed by atoms with van der Waals surface area (Å²) in [5.41, 5.74) is 1.20. The van der Waals surface area contributed by atoms with Gasteiger partial charge < -0.3 is 10.3 Å². The Kier molecular flexibility index (Phi) is 5.69. The first-order chi connectivity index (χ1) is 14.0. The van der Waals surface area contributed by atoms with Crippen molar-refractivity contribution in [2.45, 2.75) is 11.4 Å². The molecule has 29 heavy (non-hydrogen) atoms. The molecule has 0 aliphatic carbocycles. The molecule has 3 aromatic heterocycles. The summed E-state index contributed by atoms with van der Waals surface area (Å²) >= 11 is 1.73. The van der Waals surface area contributed by atoms with Gasteiger partial charge in [-0.05, 0) is 23.8 Å². The van der Waals surface area contributed by atoms with Gasteiger partial charge in [-0.3, -0.25) is 14.5 Å². The lowest BCUT2D eigenvalue weighted by Crippen LogP contribution is -2.37. The van der Waals surface area contributed by atoms with Crippen LogP contribution in [-0.2, 0) is 16.6 Å². The topological polar surface area (TPSA) is 113 Å². The molecule has 4 heterocycles. The average Bonchev–Trinajstić information content (AvgIpc) is 3.40. The van der Waals surface area contributed by atoms with Gasteiger partial charge in [0, 0.05) is 55.4 Å². The van der Waals surface area contributed by atoms with Crippen LogP contribution in [-0.4, -0.2) is 63.0 Å². The number of amides is 1. The summed E-state index contributed by atoms with van der Waals surface area (Å²) in [4.78, 5) is 19.3. The number of sulfonamides is 1. The molecule has 1 aliphatic rings. The molecule has 2 N–H and O–H groups in total. The van der Waals surface area contributed by atoms with E-state index in [1.54, 1.807) is 41.1 Å². The van der Waals surface area contributed by atoms with Crippen molar-refractivity contribution in [1.82, 2.24) is 24.1 Å². The first-order valence-electron chi connectivity index (χ1n) is 9.02. The van der Waals surface area contributed by atoms with Crippen molar-refractivity contribution in [1.29, 1.82) is 0 Å². The number of hydrogen-bond acceptors (Lipinski definition) is 6. The number of nitrogens with zero attached hydrogens (tertiary/aromatic N) is 4. The van der Waals surface area contributed by atoms with Gasteiger partial charge in [-0.2, -0.15) is 21.2 Å². The highest BCUT2D eigenvalue weighted by atomic mass is 32.2. The van der Waals surface area contributed by atoms with E-state index in [4.69, 9.17) is 0 Å². The molecule has 1 aliphatic heterocycles. The maximum absolute atomic E-state index is 12.7. The standard InChI is InChI=1S/C18H20N6O3S2/c25-18(21-17-3-6-23(22-17)13-14-1-4-19-5-2-14)16-11-15(12-20-16)29(26,27)24-7-9-28-10-8-24/h1-6,11-12,20H,7-10,13H2,(H,21,22,25). The summed E-state index contributed by atoms with van der Waals surface area (Å²) in [6.07, 6.45) is 6.53. The monoisotopic (exact) mass is 432 g/mol. The van der Waals surface area contributed by atoms with Gasteiger partial charge in [-0.15, -0.1) is 0 Å². The van der Waals surface area contributed by atoms with E-state index in [0.29, 0.717) is 25.5 Å². The number of hydrogen-bond donors (Lipinski definition) is 2. The van der Waals surface area contributed by atoms with Crippen LogP contribution in [0, 0.1) is 0 Å². The van der Waals surface area contributed by atoms with Crippen molar-refractivity contribution >= 4 is 33.5 Å². The van der Waals surface area contributed by atoms with E-state index in [9.17, 15) is 13.2 Å². The summed E-state index contributed by atoms with van der Waals surface area (Å²) in [5.74, 6) is 1.49. The number of anilines is 1. The number of H-pyrrole nitrogens is 1. The summed E-state index contributed by atoms with van der Waals surface area (Å²) < 4.78 is 28.6. The van der Waals surface area contributed by atoms with Gasteiger partial charge in [-0.25, -0.2) is 8.42 Å². The van der Waals surface area contributed by atoms with Gasteiger partial charge in [0.25, 0.3) is 5.91 Å². The van der Waals surface area contributed by atoms with Crippen molar-refractivity contribution in [3.8, 4) is 0 Å². The highest BCUT2D eigenvalue weighted by molar-refractivity contribution is 7.99. The Morgan fingerprint density at radius 1 is 1.21 bits per heavy atom. The molecular formula is C18H20N6O3S2. The van der Waals surface area contributed by atoms with E-state index < -0.39 is 15.9 Å². The molecule has 3 aromatic rings. The van der Waals surface area contributed by atoms with Crippen LogP contribution in [0.15, 0.2) is 53.9 Å². The third kappa shape index (κ3) is 4.52. The Balaban J connectivity index is 1.42. The van der Waals surface area contributed by atoms with Gasteiger partial charge in [0.1, 0.15) is 10.6 Å². The predicted molar refractivity (Wildman–Crippen MR) is 110 cm³/mol. The van der Waals surface area contributed by atoms with Crippen LogP contribution in [0.4, 0.5) is 5.82 Å². The molecule has 1 saturated heterocycles. The molecular weight excluding hydrogens is 412 g/mol. The zero-order chi connectivity index (χ0) is 20.3. The van der Waals surface area contributed by atoms with Gasteiger partial charge >= 0.3 is 0 Å². The van der Waals surface area contributed by atoms with E-state index in [1.165, 1.54) is 16.6 Å². The Morgan fingerprint density at radius 2 is 1.97 bits per heavy atom. The van der Waals surface area contributed by atoms with Crippen molar-refractivity contribution in [3.63, 3.8) is 0 Å². The number of pyridine rings is 1. The minimum Gasteiger partial charge on any atom is -0.356 e. The van der Waals surface area contributed by atoms with Gasteiger partial charge in [-0.1, -0.05) is 0 Å². The number of nitrogens with one attached hydrogen (secondary N) is 2. The van der Waals surface area contributed by atoms with Crippen molar-refractivity contribution in [3.05, 3.63) is 60.3 Å². The molecule has 11 heteroatoms. The Hall–Kier alpha value is -2.63. The van der Waals surface area contributed by atoms with Gasteiger partial charge in [0.05, 0.1) is 6.54 Å². The second kappa shape index (κ2) is 8.39. The van der Waals surface area contributed by atoms with Crippen molar-refractivity contribution in [2.24, 2.45) is 0 Å². The normalized spacial score (nSPS) is 15.3. The molecule has 0 unspecified atom stereocenters. The van der Waals surface area contributed by atoms with E-state index in [1.807, 2.05) is 12.1 Å². The number of carbonyl (C=O) groups excluding carboxylic acids is 1. The fourth-order valence-corrected chi connectivity index (χ4v) is 5.54. The molecule has 0 aromatic carbocycles. The first kappa shape index (κ1) is 19.7. The molecule has 0 radical (unpaired) electrons. The van der Waals surface area contributed by atoms with Crippen LogP contribution in [0.2, 0.25) is 0 Å². The number of aromatic amines is 1. The largest absolute Gasteiger partial charge is 0.356 e. The summed E-state index contributed by atoms with van der Waals surface area (Å²) in [5, 5.41) is 7.00. The molecule has 0 spiro atoms. The number of carbonyl (C=O) groups is 1. The Bertz CT molecular complexity index is 1090. The zero-order valence-corrected chi connectivity index (χ0v) is 17.1. The number of thioether (sulfide) groups is 1. The molecule has 1 fully saturated rings. The lowest BCUT2D eigenvalue weighted by atomic mass is 10.3. The van der Waals surface area contributed by atoms with Crippen LogP contribution in [0.3, 0.4) is 0 Å². The van der Waals surface area contributed by atoms with Gasteiger partial charge in [0.2, 0.25) is 10.0 Å². The third-order valence-corrected chi connectivity index (χ3v) is 7.30. The van der Waals surface area contributed by atoms with Crippen molar-refractivity contribution in [2.75, 3.05) is 29.9 Å². The second-order valence-corrected chi connectivity index (χ2v) is 9.64. The van der Waals surface area contributed by atoms with Crippen LogP contribution in [0.5, 0.6) is 0 Å². The highest BCUT2D eigenvalue weighted by Gasteiger charge is 2.27. The minimum absolute atomic E-state index is 0.0952. The van der Waals surface area contributed by atoms with E-state index in [2.05, 4.69) is 20.4 Å². The maximum atomic E-state index is 12.7. The summed E-state index contributed by atoms with van der Waals surface area (Å²) in [6, 6.07) is 6.83. The predicted octanol–water partition coefficient (Wildman–Crippen LogP) is 1.64. The molecule has 152 valence electrons. The molecule has 0 saturated carbocycles. The zero-order valence-electron chi connectivity index (χ0n) is 15.5. The molecule has 0 atom stereocenters. The summed E-state index contributed by atoms with van der Waals surface area (Å²) in [7, 11) is -3.59. The van der Waals surface area contributed by atoms with E-state index in [0.717, 1.165) is 17.1 Å². The maximum Gasteiger partial charge on any atom is 0.273 e. The van der Waals surface area contributed by atoms with Crippen LogP contribution >= 0.6 is 11.8 Å². The molecule has 9 nitrogen and oxygen atoms in total. The molecule has 0 bridgehead atoms. The molecule has 1 amide bonds. The van der Waals surface area contributed by atoms with Gasteiger partial charge in [0.15, 0.2) is 5.82 Å². The minimum atomic E-state index is -3.59. The Labute approximate surface area is 172 Å². The SMILES string of the molecule is O=C(Nc1ccn(Cc2ccncc2)n1)c1cc(S(=O)(=O)N2CCSCC2)c[nH]1. The second-order valence-electron chi connectivity index (χ2n) is 6.47. The van der Waals surface area contributed by atoms with E-state index in [-0.39, 0.29) is 10.6 Å². The van der Waals surface area contributed by atoms with Crippen LogP contribution in [0.25, 0.3) is 0 Å². The Morgan fingerprint density at radius 3 is 2.72 bits per heavy atom. The van der Waals surface area contributed by atoms with Crippen LogP contribution in [0.1, 0.15) is 16.1 Å². The van der Waals surface area contributed by atoms with Crippen LogP contribution < -0.4 is 5.32 Å². The first-order valence-corrected chi connectivity index (χ1v) is 11.6. The molecule has 4 rings (SSSR count). The fourth-order valence-electron chi connectivity index (χ4n) is 2.97. The van der Waals surface area contributed by atoms with Crippen molar-refractivity contribution < 1.29 is 13.2 Å². The lowest BCUT2D eigenvalue weighted by molar-refractivity contribution is 0.102. The fraction of sp³-hybridized carbons (Fsp3) is 0.278. The highest BCUT2D eigenvalue weighted by Crippen LogP contribution is 2.21. The smallest absolute Gasteiger partial charge is 0.273 e. The van der Waals surface area contributed by atoms with E-state index >= 15 is 0 Å². The lowest BCUT2D eigenvalue weighted by Gasteiger charge is -2.24.